The van der Waals surface area contributed by atoms with Crippen LogP contribution in [0.5, 0.6) is 0 Å². The molecule has 4 N–H and O–H groups in total. The number of nitrogens with two attached hydrogens (primary N) is 2. The molecule has 0 bridgehead atoms. The van der Waals surface area contributed by atoms with Crippen LogP contribution in [0.2, 0.25) is 0 Å². The van der Waals surface area contributed by atoms with Crippen LogP contribution >= 0.6 is 0 Å². The normalized spacial score (nSPS) is 21.8. The van der Waals surface area contributed by atoms with Crippen LogP contribution in [0.15, 0.2) is 12.1 Å². The Morgan fingerprint density at radius 3 is 1.94 bits per heavy atom. The molecule has 98 valence electrons. The SMILES string of the molecule is Nc1ccc(C2CCCC2)c(N)c1C1CCCC1. The number of hydrogen-bond donors (Lipinski definition) is 2. The van der Waals surface area contributed by atoms with Crippen molar-refractivity contribution < 1.29 is 0 Å². The van der Waals surface area contributed by atoms with Crippen molar-refractivity contribution in [2.24, 2.45) is 0 Å². The summed E-state index contributed by atoms with van der Waals surface area (Å²) in [4.78, 5) is 0. The van der Waals surface area contributed by atoms with Gasteiger partial charge in [-0.3, -0.25) is 0 Å². The van der Waals surface area contributed by atoms with E-state index in [-0.39, 0.29) is 0 Å². The predicted molar refractivity (Wildman–Crippen MR) is 77.7 cm³/mol. The minimum atomic E-state index is 0.617. The third-order valence-corrected chi connectivity index (χ3v) is 4.91. The zero-order chi connectivity index (χ0) is 12.5. The highest BCUT2D eigenvalue weighted by molar-refractivity contribution is 5.67. The van der Waals surface area contributed by atoms with Gasteiger partial charge < -0.3 is 11.5 Å². The highest BCUT2D eigenvalue weighted by atomic mass is 14.6. The molecule has 3 rings (SSSR count). The van der Waals surface area contributed by atoms with Crippen molar-refractivity contribution in [2.45, 2.75) is 63.2 Å². The number of hydrogen-bond acceptors (Lipinski definition) is 2. The third-order valence-electron chi connectivity index (χ3n) is 4.91. The van der Waals surface area contributed by atoms with Crippen LogP contribution in [0.4, 0.5) is 11.4 Å². The second kappa shape index (κ2) is 4.83. The maximum absolute atomic E-state index is 6.46. The Kier molecular flexibility index (Phi) is 3.19. The Morgan fingerprint density at radius 2 is 1.33 bits per heavy atom. The first-order valence-corrected chi connectivity index (χ1v) is 7.45. The first-order chi connectivity index (χ1) is 8.77. The highest BCUT2D eigenvalue weighted by Crippen LogP contribution is 2.45. The topological polar surface area (TPSA) is 52.0 Å². The number of benzene rings is 1. The average molecular weight is 244 g/mol. The van der Waals surface area contributed by atoms with Gasteiger partial charge in [-0.15, -0.1) is 0 Å². The molecule has 0 spiro atoms. The summed E-state index contributed by atoms with van der Waals surface area (Å²) >= 11 is 0. The Hall–Kier alpha value is -1.18. The molecular weight excluding hydrogens is 220 g/mol. The lowest BCUT2D eigenvalue weighted by molar-refractivity contribution is 0.706. The molecule has 2 aliphatic carbocycles. The summed E-state index contributed by atoms with van der Waals surface area (Å²) in [7, 11) is 0. The predicted octanol–water partition coefficient (Wildman–Crippen LogP) is 4.17. The van der Waals surface area contributed by atoms with E-state index in [4.69, 9.17) is 11.5 Å². The van der Waals surface area contributed by atoms with Crippen LogP contribution < -0.4 is 11.5 Å². The van der Waals surface area contributed by atoms with Crippen LogP contribution in [0, 0.1) is 0 Å². The molecule has 0 aromatic heterocycles. The van der Waals surface area contributed by atoms with Gasteiger partial charge in [-0.1, -0.05) is 31.7 Å². The maximum Gasteiger partial charge on any atom is 0.0405 e. The Balaban J connectivity index is 1.98. The molecule has 0 amide bonds. The quantitative estimate of drug-likeness (QED) is 0.767. The van der Waals surface area contributed by atoms with E-state index in [2.05, 4.69) is 12.1 Å². The van der Waals surface area contributed by atoms with Crippen LogP contribution in [0.1, 0.15) is 74.3 Å². The molecule has 2 aliphatic rings. The van der Waals surface area contributed by atoms with Gasteiger partial charge in [-0.05, 0) is 49.1 Å². The van der Waals surface area contributed by atoms with Crippen molar-refractivity contribution in [1.29, 1.82) is 0 Å². The van der Waals surface area contributed by atoms with E-state index < -0.39 is 0 Å². The standard InChI is InChI=1S/C16H24N2/c17-14-10-9-13(11-5-1-2-6-11)16(18)15(14)12-7-3-4-8-12/h9-12H,1-8,17-18H2. The first kappa shape index (κ1) is 11.9. The third kappa shape index (κ3) is 1.98. The molecule has 0 heterocycles. The summed E-state index contributed by atoms with van der Waals surface area (Å²) in [5.41, 5.74) is 17.2. The minimum absolute atomic E-state index is 0.617. The molecule has 1 aromatic carbocycles. The van der Waals surface area contributed by atoms with Gasteiger partial charge in [-0.25, -0.2) is 0 Å². The van der Waals surface area contributed by atoms with Crippen molar-refractivity contribution in [2.75, 3.05) is 11.5 Å². The fraction of sp³-hybridized carbons (Fsp3) is 0.625. The van der Waals surface area contributed by atoms with Crippen LogP contribution in [-0.4, -0.2) is 0 Å². The van der Waals surface area contributed by atoms with E-state index >= 15 is 0 Å². The van der Waals surface area contributed by atoms with E-state index in [0.29, 0.717) is 11.8 Å². The molecular formula is C16H24N2. The zero-order valence-electron chi connectivity index (χ0n) is 11.1. The Labute approximate surface area is 110 Å². The molecule has 18 heavy (non-hydrogen) atoms. The van der Waals surface area contributed by atoms with Crippen LogP contribution in [0.3, 0.4) is 0 Å². The van der Waals surface area contributed by atoms with Crippen molar-refractivity contribution in [3.8, 4) is 0 Å². The summed E-state index contributed by atoms with van der Waals surface area (Å²) in [5.74, 6) is 1.30. The maximum atomic E-state index is 6.46. The molecule has 1 aromatic rings. The van der Waals surface area contributed by atoms with Crippen molar-refractivity contribution >= 4 is 11.4 Å². The second-order valence-electron chi connectivity index (χ2n) is 6.03. The number of nitrogen functional groups attached to an aromatic ring is 2. The average Bonchev–Trinajstić information content (AvgIpc) is 3.01. The van der Waals surface area contributed by atoms with Gasteiger partial charge in [0, 0.05) is 16.9 Å². The summed E-state index contributed by atoms with van der Waals surface area (Å²) < 4.78 is 0. The molecule has 2 fully saturated rings. The summed E-state index contributed by atoms with van der Waals surface area (Å²) in [5, 5.41) is 0. The molecule has 0 saturated heterocycles. The fourth-order valence-electron chi connectivity index (χ4n) is 3.93. The van der Waals surface area contributed by atoms with Gasteiger partial charge in [0.2, 0.25) is 0 Å². The van der Waals surface area contributed by atoms with E-state index in [9.17, 15) is 0 Å². The molecule has 2 heteroatoms. The van der Waals surface area contributed by atoms with Gasteiger partial charge in [0.25, 0.3) is 0 Å². The number of rotatable bonds is 2. The Morgan fingerprint density at radius 1 is 0.778 bits per heavy atom. The zero-order valence-corrected chi connectivity index (χ0v) is 11.1. The summed E-state index contributed by atoms with van der Waals surface area (Å²) in [6.45, 7) is 0. The number of anilines is 2. The molecule has 0 unspecified atom stereocenters. The van der Waals surface area contributed by atoms with Gasteiger partial charge in [0.05, 0.1) is 0 Å². The van der Waals surface area contributed by atoms with Crippen LogP contribution in [0.25, 0.3) is 0 Å². The summed E-state index contributed by atoms with van der Waals surface area (Å²) in [6, 6.07) is 4.27. The fourth-order valence-corrected chi connectivity index (χ4v) is 3.93. The summed E-state index contributed by atoms with van der Waals surface area (Å²) in [6.07, 6.45) is 10.5. The van der Waals surface area contributed by atoms with Crippen LogP contribution in [-0.2, 0) is 0 Å². The molecule has 2 nitrogen and oxygen atoms in total. The lowest BCUT2D eigenvalue weighted by atomic mass is 9.87. The molecule has 0 aliphatic heterocycles. The van der Waals surface area contributed by atoms with E-state index in [1.807, 2.05) is 0 Å². The van der Waals surface area contributed by atoms with Crippen molar-refractivity contribution in [1.82, 2.24) is 0 Å². The van der Waals surface area contributed by atoms with Gasteiger partial charge in [0.15, 0.2) is 0 Å². The van der Waals surface area contributed by atoms with E-state index in [1.54, 1.807) is 0 Å². The van der Waals surface area contributed by atoms with Gasteiger partial charge in [0.1, 0.15) is 0 Å². The molecule has 0 atom stereocenters. The van der Waals surface area contributed by atoms with Gasteiger partial charge >= 0.3 is 0 Å². The largest absolute Gasteiger partial charge is 0.398 e. The van der Waals surface area contributed by atoms with Crippen molar-refractivity contribution in [3.05, 3.63) is 23.3 Å². The molecule has 0 radical (unpaired) electrons. The lowest BCUT2D eigenvalue weighted by Gasteiger charge is -2.21. The van der Waals surface area contributed by atoms with Gasteiger partial charge in [-0.2, -0.15) is 0 Å². The first-order valence-electron chi connectivity index (χ1n) is 7.45. The highest BCUT2D eigenvalue weighted by Gasteiger charge is 2.26. The monoisotopic (exact) mass is 244 g/mol. The minimum Gasteiger partial charge on any atom is -0.398 e. The van der Waals surface area contributed by atoms with Crippen molar-refractivity contribution in [3.63, 3.8) is 0 Å². The van der Waals surface area contributed by atoms with E-state index in [0.717, 1.165) is 11.4 Å². The Bertz CT molecular complexity index is 427. The smallest absolute Gasteiger partial charge is 0.0405 e. The lowest BCUT2D eigenvalue weighted by Crippen LogP contribution is -2.08. The van der Waals surface area contributed by atoms with E-state index in [1.165, 1.54) is 62.5 Å². The molecule has 2 saturated carbocycles. The second-order valence-corrected chi connectivity index (χ2v) is 6.03.